The van der Waals surface area contributed by atoms with Gasteiger partial charge in [-0.15, -0.1) is 0 Å². The molecule has 3 heteroatoms. The summed E-state index contributed by atoms with van der Waals surface area (Å²) in [6.45, 7) is 15.3. The Bertz CT molecular complexity index is 1070. The van der Waals surface area contributed by atoms with Crippen LogP contribution in [-0.4, -0.2) is 12.3 Å². The van der Waals surface area contributed by atoms with Crippen molar-refractivity contribution in [1.29, 1.82) is 5.26 Å². The molecular formula is C28H33N3. The van der Waals surface area contributed by atoms with Crippen molar-refractivity contribution in [2.24, 2.45) is 10.7 Å². The smallest absolute Gasteiger partial charge is 0.0991 e. The van der Waals surface area contributed by atoms with Crippen LogP contribution in [0.1, 0.15) is 57.7 Å². The van der Waals surface area contributed by atoms with Gasteiger partial charge in [0, 0.05) is 11.4 Å². The maximum atomic E-state index is 9.43. The van der Waals surface area contributed by atoms with Gasteiger partial charge in [-0.05, 0) is 98.7 Å². The number of aliphatic imine (C=N–C) groups is 1. The van der Waals surface area contributed by atoms with Crippen LogP contribution < -0.4 is 5.73 Å². The predicted octanol–water partition coefficient (Wildman–Crippen LogP) is 6.85. The summed E-state index contributed by atoms with van der Waals surface area (Å²) in [6.07, 6.45) is 3.91. The van der Waals surface area contributed by atoms with Gasteiger partial charge in [0.1, 0.15) is 0 Å². The first-order valence-corrected chi connectivity index (χ1v) is 10.7. The molecule has 0 fully saturated rings. The second kappa shape index (κ2) is 11.2. The van der Waals surface area contributed by atoms with Crippen molar-refractivity contribution < 1.29 is 0 Å². The molecule has 0 amide bonds. The van der Waals surface area contributed by atoms with Crippen molar-refractivity contribution in [3.8, 4) is 17.2 Å². The first kappa shape index (κ1) is 24.1. The number of hydrogen-bond donors (Lipinski definition) is 1. The Balaban J connectivity index is 2.47. The van der Waals surface area contributed by atoms with E-state index in [1.807, 2.05) is 39.0 Å². The highest BCUT2D eigenvalue weighted by atomic mass is 14.7. The molecular weight excluding hydrogens is 378 g/mol. The van der Waals surface area contributed by atoms with E-state index >= 15 is 0 Å². The minimum Gasteiger partial charge on any atom is -0.330 e. The summed E-state index contributed by atoms with van der Waals surface area (Å²) in [6, 6.07) is 16.5. The van der Waals surface area contributed by atoms with Crippen LogP contribution in [0.3, 0.4) is 0 Å². The molecule has 2 aromatic carbocycles. The second-order valence-electron chi connectivity index (χ2n) is 7.89. The highest BCUT2D eigenvalue weighted by Gasteiger charge is 2.12. The fraction of sp³-hybridized carbons (Fsp3) is 0.286. The van der Waals surface area contributed by atoms with Crippen LogP contribution in [0.5, 0.6) is 0 Å². The molecule has 0 spiro atoms. The summed E-state index contributed by atoms with van der Waals surface area (Å²) in [5, 5.41) is 9.43. The molecule has 0 radical (unpaired) electrons. The van der Waals surface area contributed by atoms with Crippen LogP contribution in [-0.2, 0) is 6.42 Å². The van der Waals surface area contributed by atoms with E-state index < -0.39 is 0 Å². The molecule has 2 aromatic rings. The third-order valence-corrected chi connectivity index (χ3v) is 5.57. The Labute approximate surface area is 187 Å². The molecule has 2 N–H and O–H groups in total. The van der Waals surface area contributed by atoms with Crippen LogP contribution in [0, 0.1) is 11.3 Å². The number of nitrogens with two attached hydrogens (primary N) is 1. The summed E-state index contributed by atoms with van der Waals surface area (Å²) in [4.78, 5) is 4.72. The average molecular weight is 412 g/mol. The maximum Gasteiger partial charge on any atom is 0.0991 e. The van der Waals surface area contributed by atoms with Gasteiger partial charge in [0.15, 0.2) is 0 Å². The first-order chi connectivity index (χ1) is 14.8. The molecule has 0 aliphatic rings. The molecule has 0 bridgehead atoms. The fourth-order valence-corrected chi connectivity index (χ4v) is 3.39. The molecule has 0 aromatic heterocycles. The minimum absolute atomic E-state index is 0.621. The SMILES string of the molecule is C=C(/C(C)=C/C(C)=N/C(C)=C(\C)CC)c1cc(C#N)ccc1-c1ccc(CCN)cc1. The lowest BCUT2D eigenvalue weighted by molar-refractivity contribution is 0.969. The Morgan fingerprint density at radius 1 is 1.10 bits per heavy atom. The Hall–Kier alpha value is -3.22. The van der Waals surface area contributed by atoms with Gasteiger partial charge >= 0.3 is 0 Å². The molecule has 0 saturated carbocycles. The summed E-state index contributed by atoms with van der Waals surface area (Å²) in [7, 11) is 0. The second-order valence-corrected chi connectivity index (χ2v) is 7.89. The summed E-state index contributed by atoms with van der Waals surface area (Å²) in [5.41, 5.74) is 15.8. The first-order valence-electron chi connectivity index (χ1n) is 10.7. The van der Waals surface area contributed by atoms with Crippen molar-refractivity contribution >= 4 is 11.3 Å². The molecule has 0 heterocycles. The molecule has 2 rings (SSSR count). The third-order valence-electron chi connectivity index (χ3n) is 5.57. The van der Waals surface area contributed by atoms with E-state index in [2.05, 4.69) is 56.8 Å². The molecule has 0 saturated heterocycles. The van der Waals surface area contributed by atoms with E-state index in [9.17, 15) is 5.26 Å². The predicted molar refractivity (Wildman–Crippen MR) is 134 cm³/mol. The Kier molecular flexibility index (Phi) is 8.73. The highest BCUT2D eigenvalue weighted by molar-refractivity contribution is 5.98. The number of nitriles is 1. The summed E-state index contributed by atoms with van der Waals surface area (Å²) >= 11 is 0. The molecule has 31 heavy (non-hydrogen) atoms. The zero-order valence-corrected chi connectivity index (χ0v) is 19.4. The largest absolute Gasteiger partial charge is 0.330 e. The van der Waals surface area contributed by atoms with Crippen molar-refractivity contribution in [2.75, 3.05) is 6.54 Å². The van der Waals surface area contributed by atoms with Crippen molar-refractivity contribution in [3.63, 3.8) is 0 Å². The van der Waals surface area contributed by atoms with Crippen LogP contribution in [0.2, 0.25) is 0 Å². The van der Waals surface area contributed by atoms with Gasteiger partial charge in [-0.25, -0.2) is 0 Å². The fourth-order valence-electron chi connectivity index (χ4n) is 3.39. The number of rotatable bonds is 8. The van der Waals surface area contributed by atoms with Gasteiger partial charge in [0.25, 0.3) is 0 Å². The standard InChI is InChI=1S/C28H33N3/c1-7-19(2)23(6)31-21(4)16-20(3)22(5)28-17-25(18-30)10-13-27(28)26-11-8-24(9-12-26)14-15-29/h8-13,16-17H,5,7,14-15,29H2,1-4,6H3/b20-16+,23-19+,31-21+. The number of hydrogen-bond acceptors (Lipinski definition) is 3. The van der Waals surface area contributed by atoms with Crippen molar-refractivity contribution in [3.05, 3.63) is 88.7 Å². The lowest BCUT2D eigenvalue weighted by atomic mass is 9.90. The lowest BCUT2D eigenvalue weighted by Gasteiger charge is -2.14. The van der Waals surface area contributed by atoms with Crippen LogP contribution in [0.25, 0.3) is 16.7 Å². The maximum absolute atomic E-state index is 9.43. The molecule has 0 aliphatic carbocycles. The van der Waals surface area contributed by atoms with E-state index in [1.54, 1.807) is 0 Å². The van der Waals surface area contributed by atoms with E-state index in [4.69, 9.17) is 10.7 Å². The minimum atomic E-state index is 0.621. The van der Waals surface area contributed by atoms with Crippen LogP contribution in [0.15, 0.2) is 77.0 Å². The van der Waals surface area contributed by atoms with Gasteiger partial charge < -0.3 is 5.73 Å². The van der Waals surface area contributed by atoms with Gasteiger partial charge in [-0.2, -0.15) is 5.26 Å². The molecule has 0 aliphatic heterocycles. The monoisotopic (exact) mass is 411 g/mol. The summed E-state index contributed by atoms with van der Waals surface area (Å²) < 4.78 is 0. The zero-order chi connectivity index (χ0) is 23.0. The van der Waals surface area contributed by atoms with Gasteiger partial charge in [0.05, 0.1) is 11.6 Å². The lowest BCUT2D eigenvalue weighted by Crippen LogP contribution is -2.02. The topological polar surface area (TPSA) is 62.2 Å². The van der Waals surface area contributed by atoms with Gasteiger partial charge in [-0.3, -0.25) is 4.99 Å². The molecule has 3 nitrogen and oxygen atoms in total. The van der Waals surface area contributed by atoms with Gasteiger partial charge in [0.2, 0.25) is 0 Å². The Morgan fingerprint density at radius 3 is 2.35 bits per heavy atom. The molecule has 0 atom stereocenters. The van der Waals surface area contributed by atoms with Crippen LogP contribution >= 0.6 is 0 Å². The van der Waals surface area contributed by atoms with E-state index in [0.29, 0.717) is 12.1 Å². The van der Waals surface area contributed by atoms with Crippen molar-refractivity contribution in [1.82, 2.24) is 0 Å². The number of nitrogens with zero attached hydrogens (tertiary/aromatic N) is 2. The Morgan fingerprint density at radius 2 is 1.77 bits per heavy atom. The third kappa shape index (κ3) is 6.38. The normalized spacial score (nSPS) is 12.9. The zero-order valence-electron chi connectivity index (χ0n) is 19.4. The quantitative estimate of drug-likeness (QED) is 0.381. The average Bonchev–Trinajstić information content (AvgIpc) is 2.78. The number of benzene rings is 2. The molecule has 160 valence electrons. The molecule has 0 unspecified atom stereocenters. The van der Waals surface area contributed by atoms with E-state index in [-0.39, 0.29) is 0 Å². The van der Waals surface area contributed by atoms with Crippen LogP contribution in [0.4, 0.5) is 0 Å². The van der Waals surface area contributed by atoms with Gasteiger partial charge in [-0.1, -0.05) is 49.4 Å². The highest BCUT2D eigenvalue weighted by Crippen LogP contribution is 2.33. The van der Waals surface area contributed by atoms with E-state index in [0.717, 1.165) is 52.1 Å². The van der Waals surface area contributed by atoms with Crippen molar-refractivity contribution in [2.45, 2.75) is 47.5 Å². The number of allylic oxidation sites excluding steroid dienone is 5. The van der Waals surface area contributed by atoms with E-state index in [1.165, 1.54) is 11.1 Å². The summed E-state index contributed by atoms with van der Waals surface area (Å²) in [5.74, 6) is 0.